The number of hydrogen-bond donors (Lipinski definition) is 3. The third-order valence-corrected chi connectivity index (χ3v) is 7.97. The molecule has 0 atom stereocenters. The number of urea groups is 1. The van der Waals surface area contributed by atoms with Crippen LogP contribution in [0.25, 0.3) is 5.69 Å². The molecule has 1 aromatic heterocycles. The quantitative estimate of drug-likeness (QED) is 0.132. The molecular weight excluding hydrogens is 566 g/mol. The third kappa shape index (κ3) is 7.77. The smallest absolute Gasteiger partial charge is 0.324 e. The average molecular weight is 608 g/mol. The Kier molecular flexibility index (Phi) is 9.34. The van der Waals surface area contributed by atoms with E-state index >= 15 is 0 Å². The van der Waals surface area contributed by atoms with E-state index in [0.717, 1.165) is 59.0 Å². The normalized spacial score (nSPS) is 14.1. The molecule has 0 unspecified atom stereocenters. The number of carbonyl (C=O) groups is 2. The van der Waals surface area contributed by atoms with Crippen LogP contribution in [0.4, 0.5) is 16.3 Å². The van der Waals surface area contributed by atoms with Gasteiger partial charge in [0.25, 0.3) is 5.91 Å². The van der Waals surface area contributed by atoms with Crippen LogP contribution in [-0.2, 0) is 12.0 Å². The van der Waals surface area contributed by atoms with Crippen LogP contribution in [0, 0.1) is 13.8 Å². The number of aryl methyl sites for hydroxylation is 2. The van der Waals surface area contributed by atoms with E-state index in [2.05, 4.69) is 47.5 Å². The van der Waals surface area contributed by atoms with Crippen molar-refractivity contribution in [2.45, 2.75) is 46.6 Å². The number of oxime groups is 1. The molecule has 0 bridgehead atoms. The van der Waals surface area contributed by atoms with Crippen LogP contribution in [0.15, 0.2) is 78.0 Å². The monoisotopic (exact) mass is 607 g/mol. The lowest BCUT2D eigenvalue weighted by Gasteiger charge is -2.35. The summed E-state index contributed by atoms with van der Waals surface area (Å²) in [6.45, 7) is 13.9. The minimum Gasteiger partial charge on any atom is -0.411 e. The minimum atomic E-state index is -0.337. The number of hydrogen-bond acceptors (Lipinski definition) is 6. The highest BCUT2D eigenvalue weighted by Gasteiger charge is 2.23. The molecule has 1 fully saturated rings. The van der Waals surface area contributed by atoms with Crippen molar-refractivity contribution in [1.82, 2.24) is 19.6 Å². The van der Waals surface area contributed by atoms with Gasteiger partial charge < -0.3 is 15.4 Å². The molecule has 1 saturated heterocycles. The predicted molar refractivity (Wildman–Crippen MR) is 178 cm³/mol. The minimum absolute atomic E-state index is 0.00299. The second-order valence-electron chi connectivity index (χ2n) is 12.6. The Morgan fingerprint density at radius 3 is 2.22 bits per heavy atom. The molecule has 4 aromatic rings. The van der Waals surface area contributed by atoms with Crippen molar-refractivity contribution in [3.8, 4) is 5.69 Å². The summed E-state index contributed by atoms with van der Waals surface area (Å²) in [4.78, 5) is 30.3. The number of anilines is 2. The van der Waals surface area contributed by atoms with E-state index in [1.54, 1.807) is 28.9 Å². The zero-order valence-electron chi connectivity index (χ0n) is 26.5. The van der Waals surface area contributed by atoms with Crippen molar-refractivity contribution in [2.75, 3.05) is 36.8 Å². The van der Waals surface area contributed by atoms with E-state index in [0.29, 0.717) is 24.5 Å². The maximum Gasteiger partial charge on any atom is 0.324 e. The van der Waals surface area contributed by atoms with E-state index < -0.39 is 0 Å². The summed E-state index contributed by atoms with van der Waals surface area (Å²) >= 11 is 0. The number of benzene rings is 3. The van der Waals surface area contributed by atoms with Crippen LogP contribution >= 0.6 is 0 Å². The van der Waals surface area contributed by atoms with Gasteiger partial charge in [-0.25, -0.2) is 9.48 Å². The highest BCUT2D eigenvalue weighted by atomic mass is 16.4. The van der Waals surface area contributed by atoms with E-state index in [4.69, 9.17) is 10.3 Å². The fourth-order valence-electron chi connectivity index (χ4n) is 5.28. The predicted octanol–water partition coefficient (Wildman–Crippen LogP) is 6.20. The molecule has 0 spiro atoms. The van der Waals surface area contributed by atoms with Crippen molar-refractivity contribution < 1.29 is 14.8 Å². The fourth-order valence-corrected chi connectivity index (χ4v) is 5.28. The number of amides is 3. The number of rotatable bonds is 7. The Labute approximate surface area is 264 Å². The zero-order valence-corrected chi connectivity index (χ0v) is 26.5. The molecule has 3 amide bonds. The van der Waals surface area contributed by atoms with Crippen LogP contribution in [0.5, 0.6) is 0 Å². The van der Waals surface area contributed by atoms with Gasteiger partial charge in [0.15, 0.2) is 0 Å². The standard InChI is InChI=1S/C35H41N7O3/c1-24-6-13-29(14-7-24)42-32(21-31(39-42)35(3,4)5)38-34(44)37-30-15-10-27(20-25(30)2)23-40-16-18-41(19-17-40)33(43)28-11-8-26(9-12-28)22-36-45/h6-15,20-22,45H,16-19,23H2,1-5H3,(H2,37,38,44)/b36-22+. The van der Waals surface area contributed by atoms with Gasteiger partial charge in [-0.15, -0.1) is 0 Å². The summed E-state index contributed by atoms with van der Waals surface area (Å²) in [7, 11) is 0. The van der Waals surface area contributed by atoms with Crippen molar-refractivity contribution in [3.05, 3.63) is 106 Å². The average Bonchev–Trinajstić information content (AvgIpc) is 3.44. The van der Waals surface area contributed by atoms with Gasteiger partial charge in [0.2, 0.25) is 0 Å². The van der Waals surface area contributed by atoms with Crippen LogP contribution in [0.1, 0.15) is 59.1 Å². The van der Waals surface area contributed by atoms with Gasteiger partial charge in [0, 0.05) is 55.5 Å². The van der Waals surface area contributed by atoms with Crippen LogP contribution in [0.3, 0.4) is 0 Å². The van der Waals surface area contributed by atoms with Gasteiger partial charge in [-0.05, 0) is 60.9 Å². The van der Waals surface area contributed by atoms with E-state index in [9.17, 15) is 9.59 Å². The molecule has 1 aliphatic rings. The highest BCUT2D eigenvalue weighted by molar-refractivity contribution is 6.00. The number of carbonyl (C=O) groups excluding carboxylic acids is 2. The van der Waals surface area contributed by atoms with E-state index in [-0.39, 0.29) is 17.4 Å². The van der Waals surface area contributed by atoms with Gasteiger partial charge >= 0.3 is 6.03 Å². The molecule has 5 rings (SSSR count). The Hall–Kier alpha value is -4.96. The summed E-state index contributed by atoms with van der Waals surface area (Å²) in [6, 6.07) is 22.7. The van der Waals surface area contributed by atoms with Crippen molar-refractivity contribution in [3.63, 3.8) is 0 Å². The maximum atomic E-state index is 13.1. The first kappa shape index (κ1) is 31.5. The van der Waals surface area contributed by atoms with Gasteiger partial charge in [0.05, 0.1) is 17.6 Å². The SMILES string of the molecule is Cc1ccc(-n2nc(C(C)(C)C)cc2NC(=O)Nc2ccc(CN3CCN(C(=O)c4ccc(/C=N/O)cc4)CC3)cc2C)cc1. The molecule has 3 N–H and O–H groups in total. The molecule has 2 heterocycles. The number of piperazine rings is 1. The molecule has 0 saturated carbocycles. The Morgan fingerprint density at radius 2 is 1.60 bits per heavy atom. The van der Waals surface area contributed by atoms with Crippen LogP contribution in [0.2, 0.25) is 0 Å². The molecule has 0 radical (unpaired) electrons. The summed E-state index contributed by atoms with van der Waals surface area (Å²) in [6.07, 6.45) is 1.33. The third-order valence-electron chi connectivity index (χ3n) is 7.97. The Balaban J connectivity index is 1.18. The first-order valence-electron chi connectivity index (χ1n) is 15.1. The lowest BCUT2D eigenvalue weighted by atomic mass is 9.92. The van der Waals surface area contributed by atoms with Crippen molar-refractivity contribution >= 4 is 29.7 Å². The molecule has 10 heteroatoms. The van der Waals surface area contributed by atoms with Crippen molar-refractivity contribution in [1.29, 1.82) is 0 Å². The summed E-state index contributed by atoms with van der Waals surface area (Å²) in [5, 5.41) is 22.5. The molecule has 1 aliphatic heterocycles. The summed E-state index contributed by atoms with van der Waals surface area (Å²) in [5.74, 6) is 0.601. The Morgan fingerprint density at radius 1 is 0.911 bits per heavy atom. The van der Waals surface area contributed by atoms with Gasteiger partial charge in [-0.2, -0.15) is 5.10 Å². The summed E-state index contributed by atoms with van der Waals surface area (Å²) < 4.78 is 1.77. The Bertz CT molecular complexity index is 1680. The summed E-state index contributed by atoms with van der Waals surface area (Å²) in [5.41, 5.74) is 6.93. The molecule has 10 nitrogen and oxygen atoms in total. The number of aromatic nitrogens is 2. The van der Waals surface area contributed by atoms with Gasteiger partial charge in [-0.1, -0.05) is 67.9 Å². The molecule has 45 heavy (non-hydrogen) atoms. The lowest BCUT2D eigenvalue weighted by Crippen LogP contribution is -2.48. The van der Waals surface area contributed by atoms with Gasteiger partial charge in [-0.3, -0.25) is 15.0 Å². The molecule has 234 valence electrons. The van der Waals surface area contributed by atoms with E-state index in [1.807, 2.05) is 61.2 Å². The van der Waals surface area contributed by atoms with Crippen molar-refractivity contribution in [2.24, 2.45) is 5.16 Å². The number of nitrogens with zero attached hydrogens (tertiary/aromatic N) is 5. The highest BCUT2D eigenvalue weighted by Crippen LogP contribution is 2.27. The largest absolute Gasteiger partial charge is 0.411 e. The zero-order chi connectivity index (χ0) is 32.1. The first-order valence-corrected chi connectivity index (χ1v) is 15.1. The van der Waals surface area contributed by atoms with Crippen LogP contribution in [-0.4, -0.2) is 69.1 Å². The van der Waals surface area contributed by atoms with E-state index in [1.165, 1.54) is 6.21 Å². The fraction of sp³-hybridized carbons (Fsp3) is 0.314. The number of nitrogens with one attached hydrogen (secondary N) is 2. The molecule has 0 aliphatic carbocycles. The maximum absolute atomic E-state index is 13.1. The second-order valence-corrected chi connectivity index (χ2v) is 12.6. The van der Waals surface area contributed by atoms with Gasteiger partial charge in [0.1, 0.15) is 5.82 Å². The molecular formula is C35H41N7O3. The first-order chi connectivity index (χ1) is 21.5. The molecule has 3 aromatic carbocycles. The van der Waals surface area contributed by atoms with Crippen LogP contribution < -0.4 is 10.6 Å². The topological polar surface area (TPSA) is 115 Å². The second kappa shape index (κ2) is 13.4. The lowest BCUT2D eigenvalue weighted by molar-refractivity contribution is 0.0628.